The molecule has 0 N–H and O–H groups in total. The number of likely N-dealkylation sites (tertiary alicyclic amines) is 1. The second-order valence-corrected chi connectivity index (χ2v) is 5.87. The van der Waals surface area contributed by atoms with Crippen molar-refractivity contribution in [2.75, 3.05) is 20.2 Å². The van der Waals surface area contributed by atoms with Crippen LogP contribution in [0.4, 0.5) is 0 Å². The Balaban J connectivity index is 1.71. The Labute approximate surface area is 145 Å². The number of carbonyl (C=O) groups is 1. The topological polar surface area (TPSA) is 86.5 Å². The highest BCUT2D eigenvalue weighted by atomic mass is 16.5. The number of nitrogens with zero attached hydrogens (tertiary/aromatic N) is 4. The third-order valence-electron chi connectivity index (χ3n) is 4.11. The SMILES string of the molecule is COc1cncc(OC2CCCN(C(=O)c3cccn(C)c3=O)C2)n1. The summed E-state index contributed by atoms with van der Waals surface area (Å²) in [5.74, 6) is 0.453. The largest absolute Gasteiger partial charge is 0.480 e. The summed E-state index contributed by atoms with van der Waals surface area (Å²) >= 11 is 0. The van der Waals surface area contributed by atoms with Gasteiger partial charge in [0.05, 0.1) is 26.0 Å². The molecular weight excluding hydrogens is 324 g/mol. The minimum atomic E-state index is -0.297. The highest BCUT2D eigenvalue weighted by Crippen LogP contribution is 2.19. The molecular formula is C17H20N4O4. The highest BCUT2D eigenvalue weighted by molar-refractivity contribution is 5.93. The van der Waals surface area contributed by atoms with Gasteiger partial charge in [-0.2, -0.15) is 4.98 Å². The van der Waals surface area contributed by atoms with Crippen LogP contribution in [0.1, 0.15) is 23.2 Å². The van der Waals surface area contributed by atoms with E-state index in [-0.39, 0.29) is 23.1 Å². The number of aromatic nitrogens is 3. The third-order valence-corrected chi connectivity index (χ3v) is 4.11. The van der Waals surface area contributed by atoms with Gasteiger partial charge >= 0.3 is 0 Å². The summed E-state index contributed by atoms with van der Waals surface area (Å²) in [5.41, 5.74) is -0.124. The van der Waals surface area contributed by atoms with Crippen molar-refractivity contribution in [1.29, 1.82) is 0 Å². The molecule has 0 aliphatic carbocycles. The van der Waals surface area contributed by atoms with Gasteiger partial charge in [-0.3, -0.25) is 14.6 Å². The van der Waals surface area contributed by atoms with E-state index in [0.29, 0.717) is 24.8 Å². The first kappa shape index (κ1) is 16.9. The lowest BCUT2D eigenvalue weighted by Crippen LogP contribution is -2.46. The number of pyridine rings is 1. The molecule has 0 saturated carbocycles. The van der Waals surface area contributed by atoms with Gasteiger partial charge in [0.1, 0.15) is 11.7 Å². The maximum absolute atomic E-state index is 12.7. The third kappa shape index (κ3) is 3.78. The van der Waals surface area contributed by atoms with Crippen LogP contribution in [0.5, 0.6) is 11.8 Å². The summed E-state index contributed by atoms with van der Waals surface area (Å²) < 4.78 is 12.3. The number of hydrogen-bond acceptors (Lipinski definition) is 6. The van der Waals surface area contributed by atoms with Crippen molar-refractivity contribution >= 4 is 5.91 Å². The molecule has 132 valence electrons. The number of piperidine rings is 1. The van der Waals surface area contributed by atoms with Crippen LogP contribution in [0.3, 0.4) is 0 Å². The molecule has 1 fully saturated rings. The van der Waals surface area contributed by atoms with Crippen LogP contribution in [-0.2, 0) is 7.05 Å². The van der Waals surface area contributed by atoms with Crippen molar-refractivity contribution in [2.24, 2.45) is 7.05 Å². The lowest BCUT2D eigenvalue weighted by atomic mass is 10.1. The lowest BCUT2D eigenvalue weighted by Gasteiger charge is -2.32. The van der Waals surface area contributed by atoms with E-state index in [9.17, 15) is 9.59 Å². The van der Waals surface area contributed by atoms with Gasteiger partial charge < -0.3 is 18.9 Å². The van der Waals surface area contributed by atoms with E-state index in [2.05, 4.69) is 9.97 Å². The molecule has 0 radical (unpaired) electrons. The Kier molecular flexibility index (Phi) is 4.97. The molecule has 25 heavy (non-hydrogen) atoms. The number of aryl methyl sites for hydroxylation is 1. The van der Waals surface area contributed by atoms with Gasteiger partial charge in [-0.25, -0.2) is 0 Å². The summed E-state index contributed by atoms with van der Waals surface area (Å²) in [6.07, 6.45) is 6.02. The van der Waals surface area contributed by atoms with Crippen LogP contribution in [0.15, 0.2) is 35.5 Å². The first-order valence-corrected chi connectivity index (χ1v) is 8.06. The van der Waals surface area contributed by atoms with E-state index < -0.39 is 0 Å². The molecule has 1 saturated heterocycles. The van der Waals surface area contributed by atoms with Crippen LogP contribution in [0.25, 0.3) is 0 Å². The summed E-state index contributed by atoms with van der Waals surface area (Å²) in [7, 11) is 3.14. The van der Waals surface area contributed by atoms with Gasteiger partial charge in [0.2, 0.25) is 11.8 Å². The van der Waals surface area contributed by atoms with Crippen molar-refractivity contribution < 1.29 is 14.3 Å². The normalized spacial score (nSPS) is 17.2. The molecule has 8 nitrogen and oxygen atoms in total. The summed E-state index contributed by atoms with van der Waals surface area (Å²) in [6.45, 7) is 0.996. The van der Waals surface area contributed by atoms with Gasteiger partial charge in [-0.15, -0.1) is 0 Å². The number of hydrogen-bond donors (Lipinski definition) is 0. The van der Waals surface area contributed by atoms with E-state index in [1.807, 2.05) is 0 Å². The minimum absolute atomic E-state index is 0.173. The average Bonchev–Trinajstić information content (AvgIpc) is 2.64. The Morgan fingerprint density at radius 3 is 2.92 bits per heavy atom. The predicted molar refractivity (Wildman–Crippen MR) is 89.8 cm³/mol. The monoisotopic (exact) mass is 344 g/mol. The first-order valence-electron chi connectivity index (χ1n) is 8.06. The molecule has 0 aromatic carbocycles. The van der Waals surface area contributed by atoms with Crippen molar-refractivity contribution in [2.45, 2.75) is 18.9 Å². The molecule has 0 spiro atoms. The fraction of sp³-hybridized carbons (Fsp3) is 0.412. The fourth-order valence-electron chi connectivity index (χ4n) is 2.81. The minimum Gasteiger partial charge on any atom is -0.480 e. The maximum atomic E-state index is 12.7. The molecule has 8 heteroatoms. The van der Waals surface area contributed by atoms with E-state index in [1.165, 1.54) is 24.1 Å². The second kappa shape index (κ2) is 7.33. The molecule has 2 aromatic heterocycles. The molecule has 0 bridgehead atoms. The predicted octanol–water partition coefficient (Wildman–Crippen LogP) is 0.867. The van der Waals surface area contributed by atoms with E-state index >= 15 is 0 Å². The van der Waals surface area contributed by atoms with Gasteiger partial charge in [-0.1, -0.05) is 0 Å². The van der Waals surface area contributed by atoms with Crippen LogP contribution >= 0.6 is 0 Å². The number of methoxy groups -OCH3 is 1. The summed E-state index contributed by atoms with van der Waals surface area (Å²) in [6, 6.07) is 3.25. The fourth-order valence-corrected chi connectivity index (χ4v) is 2.81. The number of carbonyl (C=O) groups excluding carboxylic acids is 1. The molecule has 1 aliphatic rings. The van der Waals surface area contributed by atoms with Gasteiger partial charge in [0.15, 0.2) is 0 Å². The molecule has 3 heterocycles. The van der Waals surface area contributed by atoms with Gasteiger partial charge in [0.25, 0.3) is 11.5 Å². The highest BCUT2D eigenvalue weighted by Gasteiger charge is 2.27. The molecule has 1 unspecified atom stereocenters. The van der Waals surface area contributed by atoms with Crippen LogP contribution in [0.2, 0.25) is 0 Å². The zero-order valence-corrected chi connectivity index (χ0v) is 14.2. The first-order chi connectivity index (χ1) is 12.1. The number of amides is 1. The Hall–Kier alpha value is -2.90. The maximum Gasteiger partial charge on any atom is 0.263 e. The quantitative estimate of drug-likeness (QED) is 0.818. The molecule has 1 amide bonds. The van der Waals surface area contributed by atoms with Gasteiger partial charge in [-0.05, 0) is 25.0 Å². The zero-order chi connectivity index (χ0) is 17.8. The molecule has 3 rings (SSSR count). The summed E-state index contributed by atoms with van der Waals surface area (Å²) in [5, 5.41) is 0. The van der Waals surface area contributed by atoms with E-state index in [1.54, 1.807) is 30.3 Å². The number of rotatable bonds is 4. The summed E-state index contributed by atoms with van der Waals surface area (Å²) in [4.78, 5) is 34.7. The van der Waals surface area contributed by atoms with Gasteiger partial charge in [0, 0.05) is 19.8 Å². The Morgan fingerprint density at radius 2 is 2.12 bits per heavy atom. The second-order valence-electron chi connectivity index (χ2n) is 5.87. The smallest absolute Gasteiger partial charge is 0.263 e. The van der Waals surface area contributed by atoms with Crippen molar-refractivity contribution in [3.8, 4) is 11.8 Å². The van der Waals surface area contributed by atoms with Crippen molar-refractivity contribution in [1.82, 2.24) is 19.4 Å². The Bertz CT molecular complexity index is 820. The molecule has 2 aromatic rings. The van der Waals surface area contributed by atoms with Crippen LogP contribution < -0.4 is 15.0 Å². The zero-order valence-electron chi connectivity index (χ0n) is 14.2. The standard InChI is InChI=1S/C17H20N4O4/c1-20-7-4-6-13(16(20)22)17(23)21-8-3-5-12(11-21)25-15-10-18-9-14(19-15)24-2/h4,6-7,9-10,12H,3,5,8,11H2,1-2H3. The van der Waals surface area contributed by atoms with Crippen molar-refractivity contribution in [3.05, 3.63) is 46.6 Å². The Morgan fingerprint density at radius 1 is 1.32 bits per heavy atom. The van der Waals surface area contributed by atoms with Crippen molar-refractivity contribution in [3.63, 3.8) is 0 Å². The molecule has 1 atom stereocenters. The average molecular weight is 344 g/mol. The van der Waals surface area contributed by atoms with E-state index in [0.717, 1.165) is 12.8 Å². The lowest BCUT2D eigenvalue weighted by molar-refractivity contribution is 0.0523. The molecule has 1 aliphatic heterocycles. The van der Waals surface area contributed by atoms with Crippen LogP contribution in [-0.4, -0.2) is 51.6 Å². The number of ether oxygens (including phenoxy) is 2. The van der Waals surface area contributed by atoms with Crippen LogP contribution in [0, 0.1) is 0 Å². The van der Waals surface area contributed by atoms with E-state index in [4.69, 9.17) is 9.47 Å².